The van der Waals surface area contributed by atoms with Gasteiger partial charge in [-0.25, -0.2) is 8.42 Å². The van der Waals surface area contributed by atoms with Gasteiger partial charge in [0.05, 0.1) is 4.90 Å². The van der Waals surface area contributed by atoms with Crippen LogP contribution in [0.2, 0.25) is 0 Å². The van der Waals surface area contributed by atoms with Gasteiger partial charge in [0.25, 0.3) is 15.9 Å². The van der Waals surface area contributed by atoms with Gasteiger partial charge in [0.2, 0.25) is 5.91 Å². The zero-order chi connectivity index (χ0) is 20.8. The highest BCUT2D eigenvalue weighted by atomic mass is 32.2. The van der Waals surface area contributed by atoms with Crippen molar-refractivity contribution < 1.29 is 18.0 Å². The quantitative estimate of drug-likeness (QED) is 0.816. The van der Waals surface area contributed by atoms with Crippen molar-refractivity contribution in [3.8, 4) is 0 Å². The van der Waals surface area contributed by atoms with Crippen LogP contribution in [0.25, 0.3) is 0 Å². The number of nitrogens with zero attached hydrogens (tertiary/aromatic N) is 2. The van der Waals surface area contributed by atoms with Gasteiger partial charge in [-0.3, -0.25) is 14.3 Å². The van der Waals surface area contributed by atoms with E-state index in [0.29, 0.717) is 24.2 Å². The molecule has 0 spiro atoms. The molecule has 8 heteroatoms. The predicted molar refractivity (Wildman–Crippen MR) is 110 cm³/mol. The average Bonchev–Trinajstić information content (AvgIpc) is 3.46. The fourth-order valence-electron chi connectivity index (χ4n) is 3.48. The highest BCUT2D eigenvalue weighted by Gasteiger charge is 2.36. The molecule has 2 aromatic carbocycles. The molecule has 2 amide bonds. The highest BCUT2D eigenvalue weighted by Crippen LogP contribution is 2.37. The Bertz CT molecular complexity index is 1070. The molecule has 4 rings (SSSR count). The second-order valence-electron chi connectivity index (χ2n) is 7.69. The van der Waals surface area contributed by atoms with Crippen molar-refractivity contribution in [1.82, 2.24) is 4.90 Å². The van der Waals surface area contributed by atoms with E-state index in [1.807, 2.05) is 0 Å². The number of nitrogens with one attached hydrogen (secondary N) is 1. The van der Waals surface area contributed by atoms with E-state index in [-0.39, 0.29) is 22.6 Å². The normalized spacial score (nSPS) is 15.7. The maximum absolute atomic E-state index is 12.8. The second kappa shape index (κ2) is 7.18. The van der Waals surface area contributed by atoms with E-state index in [9.17, 15) is 18.0 Å². The van der Waals surface area contributed by atoms with Crippen LogP contribution >= 0.6 is 0 Å². The second-order valence-corrected chi connectivity index (χ2v) is 9.37. The molecule has 1 aliphatic carbocycles. The van der Waals surface area contributed by atoms with Crippen molar-refractivity contribution in [1.29, 1.82) is 0 Å². The lowest BCUT2D eigenvalue weighted by Crippen LogP contribution is -2.30. The molecular formula is C21H23N3O4S. The zero-order valence-electron chi connectivity index (χ0n) is 16.4. The average molecular weight is 413 g/mol. The molecule has 0 aromatic heterocycles. The third-order valence-electron chi connectivity index (χ3n) is 5.24. The van der Waals surface area contributed by atoms with Gasteiger partial charge in [0.15, 0.2) is 0 Å². The van der Waals surface area contributed by atoms with Crippen LogP contribution in [0.15, 0.2) is 47.4 Å². The minimum atomic E-state index is -3.77. The van der Waals surface area contributed by atoms with Crippen LogP contribution < -0.4 is 9.62 Å². The van der Waals surface area contributed by atoms with Crippen molar-refractivity contribution >= 4 is 33.2 Å². The molecule has 2 aliphatic rings. The van der Waals surface area contributed by atoms with E-state index in [0.717, 1.165) is 24.1 Å². The first-order chi connectivity index (χ1) is 13.8. The Morgan fingerprint density at radius 3 is 2.38 bits per heavy atom. The monoisotopic (exact) mass is 413 g/mol. The largest absolute Gasteiger partial charge is 0.345 e. The van der Waals surface area contributed by atoms with E-state index in [1.54, 1.807) is 55.4 Å². The Morgan fingerprint density at radius 1 is 1.07 bits per heavy atom. The third kappa shape index (κ3) is 3.85. The summed E-state index contributed by atoms with van der Waals surface area (Å²) < 4.78 is 28.1. The topological polar surface area (TPSA) is 86.8 Å². The number of fused-ring (bicyclic) bond motifs is 1. The van der Waals surface area contributed by atoms with Crippen LogP contribution in [-0.4, -0.2) is 45.8 Å². The van der Waals surface area contributed by atoms with Crippen molar-refractivity contribution in [3.63, 3.8) is 0 Å². The number of amides is 2. The number of benzene rings is 2. The Balaban J connectivity index is 1.52. The molecule has 1 fully saturated rings. The van der Waals surface area contributed by atoms with Gasteiger partial charge >= 0.3 is 0 Å². The Hall–Kier alpha value is -2.87. The predicted octanol–water partition coefficient (Wildman–Crippen LogP) is 2.49. The van der Waals surface area contributed by atoms with Crippen LogP contribution in [0.5, 0.6) is 0 Å². The number of carbonyl (C=O) groups excluding carboxylic acids is 2. The summed E-state index contributed by atoms with van der Waals surface area (Å²) in [5.74, 6) is 0.126. The van der Waals surface area contributed by atoms with Gasteiger partial charge in [-0.15, -0.1) is 0 Å². The number of hydrogen-bond donors (Lipinski definition) is 1. The van der Waals surface area contributed by atoms with Gasteiger partial charge in [0.1, 0.15) is 0 Å². The first-order valence-electron chi connectivity index (χ1n) is 9.55. The van der Waals surface area contributed by atoms with Gasteiger partial charge in [0, 0.05) is 43.5 Å². The maximum Gasteiger partial charge on any atom is 0.261 e. The van der Waals surface area contributed by atoms with Crippen LogP contribution in [0.1, 0.15) is 28.8 Å². The molecule has 29 heavy (non-hydrogen) atoms. The summed E-state index contributed by atoms with van der Waals surface area (Å²) in [5.41, 5.74) is 2.54. The minimum absolute atomic E-state index is 0.133. The Morgan fingerprint density at radius 2 is 1.76 bits per heavy atom. The lowest BCUT2D eigenvalue weighted by atomic mass is 10.2. The number of anilines is 2. The van der Waals surface area contributed by atoms with Crippen molar-refractivity contribution in [2.45, 2.75) is 24.2 Å². The van der Waals surface area contributed by atoms with Crippen molar-refractivity contribution in [2.24, 2.45) is 5.92 Å². The molecule has 0 radical (unpaired) electrons. The summed E-state index contributed by atoms with van der Waals surface area (Å²) in [7, 11) is -0.457. The van der Waals surface area contributed by atoms with E-state index in [2.05, 4.69) is 4.72 Å². The number of hydrogen-bond acceptors (Lipinski definition) is 4. The molecule has 0 atom stereocenters. The fourth-order valence-corrected chi connectivity index (χ4v) is 4.59. The van der Waals surface area contributed by atoms with Crippen molar-refractivity contribution in [3.05, 3.63) is 53.6 Å². The molecule has 1 aliphatic heterocycles. The lowest BCUT2D eigenvalue weighted by Gasteiger charge is -2.17. The summed E-state index contributed by atoms with van der Waals surface area (Å²) in [4.78, 5) is 27.7. The fraction of sp³-hybridized carbons (Fsp3) is 0.333. The highest BCUT2D eigenvalue weighted by molar-refractivity contribution is 7.92. The van der Waals surface area contributed by atoms with E-state index >= 15 is 0 Å². The molecule has 2 aromatic rings. The molecule has 7 nitrogen and oxygen atoms in total. The SMILES string of the molecule is CN(C)C(=O)c1ccc(NS(=O)(=O)c2ccc3c(c2)CCN3C(=O)C2CC2)cc1. The number of sulfonamides is 1. The maximum atomic E-state index is 12.8. The first-order valence-corrected chi connectivity index (χ1v) is 11.0. The Labute approximate surface area is 170 Å². The van der Waals surface area contributed by atoms with Gasteiger partial charge in [-0.1, -0.05) is 0 Å². The molecule has 152 valence electrons. The molecule has 0 saturated heterocycles. The summed E-state index contributed by atoms with van der Waals surface area (Å²) in [6.07, 6.45) is 2.54. The summed E-state index contributed by atoms with van der Waals surface area (Å²) in [6, 6.07) is 11.2. The van der Waals surface area contributed by atoms with Crippen LogP contribution in [0.4, 0.5) is 11.4 Å². The molecule has 0 unspecified atom stereocenters. The third-order valence-corrected chi connectivity index (χ3v) is 6.62. The zero-order valence-corrected chi connectivity index (χ0v) is 17.2. The molecule has 1 N–H and O–H groups in total. The smallest absolute Gasteiger partial charge is 0.261 e. The molecule has 0 bridgehead atoms. The summed E-state index contributed by atoms with van der Waals surface area (Å²) >= 11 is 0. The van der Waals surface area contributed by atoms with Gasteiger partial charge in [-0.2, -0.15) is 0 Å². The van der Waals surface area contributed by atoms with Gasteiger partial charge < -0.3 is 9.80 Å². The van der Waals surface area contributed by atoms with E-state index in [1.165, 1.54) is 11.0 Å². The summed E-state index contributed by atoms with van der Waals surface area (Å²) in [6.45, 7) is 0.600. The van der Waals surface area contributed by atoms with Crippen LogP contribution in [0.3, 0.4) is 0 Å². The standard InChI is InChI=1S/C21H23N3O4S/c1-23(2)20(25)14-5-7-17(8-6-14)22-29(27,28)18-9-10-19-16(13-18)11-12-24(19)21(26)15-3-4-15/h5-10,13,15,22H,3-4,11-12H2,1-2H3. The van der Waals surface area contributed by atoms with Crippen LogP contribution in [0, 0.1) is 5.92 Å². The van der Waals surface area contributed by atoms with Crippen LogP contribution in [-0.2, 0) is 21.2 Å². The molecule has 1 heterocycles. The van der Waals surface area contributed by atoms with Crippen molar-refractivity contribution in [2.75, 3.05) is 30.3 Å². The number of rotatable bonds is 5. The minimum Gasteiger partial charge on any atom is -0.345 e. The molecular weight excluding hydrogens is 390 g/mol. The van der Waals surface area contributed by atoms with Gasteiger partial charge in [-0.05, 0) is 67.3 Å². The van der Waals surface area contributed by atoms with E-state index < -0.39 is 10.0 Å². The number of carbonyl (C=O) groups is 2. The lowest BCUT2D eigenvalue weighted by molar-refractivity contribution is -0.119. The van der Waals surface area contributed by atoms with E-state index in [4.69, 9.17) is 0 Å². The Kier molecular flexibility index (Phi) is 4.82. The first kappa shape index (κ1) is 19.4. The summed E-state index contributed by atoms with van der Waals surface area (Å²) in [5, 5.41) is 0. The molecule has 1 saturated carbocycles.